The molecular weight excluding hydrogens is 320 g/mol. The van der Waals surface area contributed by atoms with Crippen LogP contribution in [-0.2, 0) is 9.53 Å². The molecule has 2 rings (SSSR count). The lowest BCUT2D eigenvalue weighted by molar-refractivity contribution is -0.117. The molecule has 0 radical (unpaired) electrons. The van der Waals surface area contributed by atoms with Crippen molar-refractivity contribution in [1.29, 1.82) is 0 Å². The molecule has 0 spiro atoms. The topological polar surface area (TPSA) is 76.7 Å². The summed E-state index contributed by atoms with van der Waals surface area (Å²) < 4.78 is 10.3. The second-order valence-corrected chi connectivity index (χ2v) is 5.26. The van der Waals surface area contributed by atoms with Crippen molar-refractivity contribution in [1.82, 2.24) is 0 Å². The average molecular weight is 342 g/mol. The summed E-state index contributed by atoms with van der Waals surface area (Å²) in [6.45, 7) is 2.83. The number of anilines is 2. The van der Waals surface area contributed by atoms with Crippen LogP contribution >= 0.6 is 0 Å². The first-order valence-corrected chi connectivity index (χ1v) is 8.05. The van der Waals surface area contributed by atoms with Crippen LogP contribution < -0.4 is 15.4 Å². The zero-order valence-corrected chi connectivity index (χ0v) is 14.4. The minimum Gasteiger partial charge on any atom is -0.497 e. The van der Waals surface area contributed by atoms with Gasteiger partial charge in [0.1, 0.15) is 5.75 Å². The van der Waals surface area contributed by atoms with Gasteiger partial charge in [-0.05, 0) is 37.3 Å². The molecule has 0 saturated heterocycles. The monoisotopic (exact) mass is 342 g/mol. The van der Waals surface area contributed by atoms with Crippen LogP contribution in [0, 0.1) is 0 Å². The highest BCUT2D eigenvalue weighted by atomic mass is 16.5. The van der Waals surface area contributed by atoms with Gasteiger partial charge in [-0.15, -0.1) is 0 Å². The predicted octanol–water partition coefficient (Wildman–Crippen LogP) is 3.31. The quantitative estimate of drug-likeness (QED) is 0.722. The van der Waals surface area contributed by atoms with Gasteiger partial charge in [-0.1, -0.05) is 12.1 Å². The molecule has 6 nitrogen and oxygen atoms in total. The molecule has 2 aromatic carbocycles. The third-order valence-electron chi connectivity index (χ3n) is 3.41. The molecule has 0 unspecified atom stereocenters. The van der Waals surface area contributed by atoms with Gasteiger partial charge in [-0.3, -0.25) is 9.59 Å². The smallest absolute Gasteiger partial charge is 0.255 e. The summed E-state index contributed by atoms with van der Waals surface area (Å²) in [6, 6.07) is 13.9. The number of hydrogen-bond donors (Lipinski definition) is 2. The fourth-order valence-electron chi connectivity index (χ4n) is 2.17. The van der Waals surface area contributed by atoms with Gasteiger partial charge in [0.05, 0.1) is 20.1 Å². The highest BCUT2D eigenvalue weighted by Crippen LogP contribution is 2.18. The van der Waals surface area contributed by atoms with Crippen molar-refractivity contribution in [2.75, 3.05) is 31.0 Å². The van der Waals surface area contributed by atoms with E-state index < -0.39 is 0 Å². The van der Waals surface area contributed by atoms with Crippen LogP contribution in [0.4, 0.5) is 11.4 Å². The van der Waals surface area contributed by atoms with E-state index >= 15 is 0 Å². The van der Waals surface area contributed by atoms with Gasteiger partial charge in [-0.2, -0.15) is 0 Å². The van der Waals surface area contributed by atoms with Crippen LogP contribution in [0.25, 0.3) is 0 Å². The molecule has 0 fully saturated rings. The number of nitrogens with one attached hydrogen (secondary N) is 2. The van der Waals surface area contributed by atoms with Gasteiger partial charge in [0, 0.05) is 29.6 Å². The first kappa shape index (κ1) is 18.5. The van der Waals surface area contributed by atoms with E-state index in [4.69, 9.17) is 9.47 Å². The molecule has 25 heavy (non-hydrogen) atoms. The molecule has 0 aliphatic rings. The van der Waals surface area contributed by atoms with E-state index in [0.29, 0.717) is 35.9 Å². The maximum atomic E-state index is 12.4. The highest BCUT2D eigenvalue weighted by molar-refractivity contribution is 6.05. The van der Waals surface area contributed by atoms with Gasteiger partial charge in [-0.25, -0.2) is 0 Å². The number of amides is 2. The summed E-state index contributed by atoms with van der Waals surface area (Å²) >= 11 is 0. The summed E-state index contributed by atoms with van der Waals surface area (Å²) in [5.41, 5.74) is 1.65. The van der Waals surface area contributed by atoms with Gasteiger partial charge in [0.2, 0.25) is 5.91 Å². The van der Waals surface area contributed by atoms with Crippen LogP contribution in [0.3, 0.4) is 0 Å². The third-order valence-corrected chi connectivity index (χ3v) is 3.41. The summed E-state index contributed by atoms with van der Waals surface area (Å²) in [5.74, 6) is 0.241. The second kappa shape index (κ2) is 9.44. The molecule has 0 aliphatic carbocycles. The first-order valence-electron chi connectivity index (χ1n) is 8.05. The lowest BCUT2D eigenvalue weighted by Crippen LogP contribution is -2.15. The van der Waals surface area contributed by atoms with E-state index in [2.05, 4.69) is 10.6 Å². The number of benzene rings is 2. The lowest BCUT2D eigenvalue weighted by Gasteiger charge is -2.09. The van der Waals surface area contributed by atoms with Crippen LogP contribution in [-0.4, -0.2) is 32.1 Å². The normalized spacial score (nSPS) is 10.2. The van der Waals surface area contributed by atoms with Crippen molar-refractivity contribution < 1.29 is 19.1 Å². The molecule has 0 bridgehead atoms. The molecule has 2 amide bonds. The Morgan fingerprint density at radius 2 is 1.72 bits per heavy atom. The summed E-state index contributed by atoms with van der Waals surface area (Å²) in [5, 5.41) is 5.56. The first-order chi connectivity index (χ1) is 12.1. The minimum absolute atomic E-state index is 0.154. The number of carbonyl (C=O) groups excluding carboxylic acids is 2. The number of ether oxygens (including phenoxy) is 2. The summed E-state index contributed by atoms with van der Waals surface area (Å²) in [4.78, 5) is 24.2. The highest BCUT2D eigenvalue weighted by Gasteiger charge is 2.09. The maximum absolute atomic E-state index is 12.4. The third kappa shape index (κ3) is 5.93. The second-order valence-electron chi connectivity index (χ2n) is 5.26. The van der Waals surface area contributed by atoms with Crippen molar-refractivity contribution in [3.05, 3.63) is 54.1 Å². The molecule has 0 aromatic heterocycles. The van der Waals surface area contributed by atoms with Crippen molar-refractivity contribution >= 4 is 23.2 Å². The molecule has 0 aliphatic heterocycles. The van der Waals surface area contributed by atoms with Crippen molar-refractivity contribution in [2.24, 2.45) is 0 Å². The Labute approximate surface area is 147 Å². The van der Waals surface area contributed by atoms with E-state index in [9.17, 15) is 9.59 Å². The van der Waals surface area contributed by atoms with Crippen LogP contribution in [0.5, 0.6) is 5.75 Å². The van der Waals surface area contributed by atoms with E-state index in [1.807, 2.05) is 6.92 Å². The zero-order valence-electron chi connectivity index (χ0n) is 14.4. The Kier molecular flexibility index (Phi) is 6.98. The number of hydrogen-bond acceptors (Lipinski definition) is 4. The van der Waals surface area contributed by atoms with Gasteiger partial charge in [0.15, 0.2) is 0 Å². The predicted molar refractivity (Wildman–Crippen MR) is 97.1 cm³/mol. The van der Waals surface area contributed by atoms with E-state index in [-0.39, 0.29) is 18.2 Å². The Bertz CT molecular complexity index is 731. The molecule has 6 heteroatoms. The average Bonchev–Trinajstić information content (AvgIpc) is 2.62. The Morgan fingerprint density at radius 1 is 1.00 bits per heavy atom. The fraction of sp³-hybridized carbons (Fsp3) is 0.263. The maximum Gasteiger partial charge on any atom is 0.255 e. The van der Waals surface area contributed by atoms with Crippen molar-refractivity contribution in [3.63, 3.8) is 0 Å². The van der Waals surface area contributed by atoms with Crippen molar-refractivity contribution in [3.8, 4) is 5.75 Å². The number of carbonyl (C=O) groups is 2. The Morgan fingerprint density at radius 3 is 2.44 bits per heavy atom. The fourth-order valence-corrected chi connectivity index (χ4v) is 2.17. The molecular formula is C19H22N2O4. The van der Waals surface area contributed by atoms with E-state index in [1.54, 1.807) is 55.6 Å². The molecule has 0 heterocycles. The lowest BCUT2D eigenvalue weighted by atomic mass is 10.1. The van der Waals surface area contributed by atoms with Gasteiger partial charge in [0.25, 0.3) is 5.91 Å². The molecule has 0 atom stereocenters. The van der Waals surface area contributed by atoms with Gasteiger partial charge < -0.3 is 20.1 Å². The molecule has 132 valence electrons. The Hall–Kier alpha value is -2.86. The van der Waals surface area contributed by atoms with E-state index in [1.165, 1.54) is 0 Å². The van der Waals surface area contributed by atoms with Gasteiger partial charge >= 0.3 is 0 Å². The SMILES string of the molecule is CCOCCC(=O)Nc1cccc(C(=O)Nc2cccc(OC)c2)c1. The minimum atomic E-state index is -0.265. The Balaban J connectivity index is 1.99. The number of methoxy groups -OCH3 is 1. The van der Waals surface area contributed by atoms with Crippen LogP contribution in [0.1, 0.15) is 23.7 Å². The van der Waals surface area contributed by atoms with E-state index in [0.717, 1.165) is 0 Å². The number of rotatable bonds is 8. The molecule has 2 N–H and O–H groups in total. The zero-order chi connectivity index (χ0) is 18.1. The summed E-state index contributed by atoms with van der Waals surface area (Å²) in [6.07, 6.45) is 0.272. The summed E-state index contributed by atoms with van der Waals surface area (Å²) in [7, 11) is 1.57. The molecule has 2 aromatic rings. The van der Waals surface area contributed by atoms with Crippen LogP contribution in [0.15, 0.2) is 48.5 Å². The molecule has 0 saturated carbocycles. The van der Waals surface area contributed by atoms with Crippen LogP contribution in [0.2, 0.25) is 0 Å². The standard InChI is InChI=1S/C19H22N2O4/c1-3-25-11-10-18(22)20-15-7-4-6-14(12-15)19(23)21-16-8-5-9-17(13-16)24-2/h4-9,12-13H,3,10-11H2,1-2H3,(H,20,22)(H,21,23). The largest absolute Gasteiger partial charge is 0.497 e. The van der Waals surface area contributed by atoms with Crippen molar-refractivity contribution in [2.45, 2.75) is 13.3 Å².